The average molecular weight is 379 g/mol. The Bertz CT molecular complexity index is 1030. The second-order valence-corrected chi connectivity index (χ2v) is 7.04. The van der Waals surface area contributed by atoms with Crippen molar-refractivity contribution in [1.29, 1.82) is 0 Å². The summed E-state index contributed by atoms with van der Waals surface area (Å²) < 4.78 is 2.00. The number of rotatable bonds is 4. The number of aromatic nitrogens is 1. The largest absolute Gasteiger partial charge is 0.366 e. The molecule has 136 valence electrons. The van der Waals surface area contributed by atoms with Crippen LogP contribution in [0.3, 0.4) is 0 Å². The number of benzene rings is 1. The van der Waals surface area contributed by atoms with Gasteiger partial charge in [0.2, 0.25) is 5.91 Å². The standard InChI is InChI=1S/C20H17N3O3S/c1-4-9-22-19(25)17(27-20(22)26)11-15-10-12(2)23(13(15)3)16-7-5-14(6-8-16)18(21)24/h1,5-8,10-11H,9H2,2-3H3,(H2,21,24)/b17-11+. The molecule has 0 spiro atoms. The molecule has 0 saturated carbocycles. The van der Waals surface area contributed by atoms with Crippen LogP contribution in [-0.2, 0) is 4.79 Å². The second-order valence-electron chi connectivity index (χ2n) is 6.04. The van der Waals surface area contributed by atoms with Crippen LogP contribution in [0.4, 0.5) is 4.79 Å². The molecule has 1 saturated heterocycles. The number of primary amides is 1. The first-order valence-corrected chi connectivity index (χ1v) is 8.93. The van der Waals surface area contributed by atoms with E-state index in [9.17, 15) is 14.4 Å². The van der Waals surface area contributed by atoms with Gasteiger partial charge in [-0.2, -0.15) is 0 Å². The third-order valence-corrected chi connectivity index (χ3v) is 5.20. The molecule has 6 nitrogen and oxygen atoms in total. The van der Waals surface area contributed by atoms with Crippen LogP contribution in [0, 0.1) is 26.2 Å². The highest BCUT2D eigenvalue weighted by Gasteiger charge is 2.34. The molecule has 7 heteroatoms. The lowest BCUT2D eigenvalue weighted by atomic mass is 10.2. The van der Waals surface area contributed by atoms with E-state index in [1.807, 2.05) is 36.6 Å². The van der Waals surface area contributed by atoms with Gasteiger partial charge in [0.15, 0.2) is 0 Å². The van der Waals surface area contributed by atoms with Crippen LogP contribution in [0.15, 0.2) is 35.2 Å². The molecule has 0 aliphatic carbocycles. The fraction of sp³-hybridized carbons (Fsp3) is 0.150. The maximum absolute atomic E-state index is 12.4. The highest BCUT2D eigenvalue weighted by molar-refractivity contribution is 8.18. The number of terminal acetylenes is 1. The number of amides is 3. The van der Waals surface area contributed by atoms with Gasteiger partial charge < -0.3 is 10.3 Å². The van der Waals surface area contributed by atoms with Crippen molar-refractivity contribution in [3.63, 3.8) is 0 Å². The van der Waals surface area contributed by atoms with Gasteiger partial charge in [-0.15, -0.1) is 6.42 Å². The second kappa shape index (κ2) is 7.17. The van der Waals surface area contributed by atoms with Gasteiger partial charge >= 0.3 is 0 Å². The van der Waals surface area contributed by atoms with Crippen molar-refractivity contribution in [3.05, 3.63) is 57.8 Å². The topological polar surface area (TPSA) is 85.4 Å². The Morgan fingerprint density at radius 3 is 2.52 bits per heavy atom. The maximum atomic E-state index is 12.4. The number of imide groups is 1. The van der Waals surface area contributed by atoms with Crippen LogP contribution in [0.1, 0.15) is 27.3 Å². The molecule has 0 bridgehead atoms. The Morgan fingerprint density at radius 2 is 1.93 bits per heavy atom. The van der Waals surface area contributed by atoms with Gasteiger partial charge in [0.1, 0.15) is 0 Å². The molecule has 0 unspecified atom stereocenters. The Labute approximate surface area is 161 Å². The molecule has 0 radical (unpaired) electrons. The summed E-state index contributed by atoms with van der Waals surface area (Å²) in [5.41, 5.74) is 9.28. The third kappa shape index (κ3) is 3.39. The Morgan fingerprint density at radius 1 is 1.26 bits per heavy atom. The van der Waals surface area contributed by atoms with Crippen LogP contribution in [0.5, 0.6) is 0 Å². The summed E-state index contributed by atoms with van der Waals surface area (Å²) in [5.74, 6) is 1.46. The van der Waals surface area contributed by atoms with E-state index in [1.54, 1.807) is 18.2 Å². The summed E-state index contributed by atoms with van der Waals surface area (Å²) in [4.78, 5) is 36.9. The Balaban J connectivity index is 1.97. The van der Waals surface area contributed by atoms with E-state index in [-0.39, 0.29) is 17.7 Å². The van der Waals surface area contributed by atoms with Crippen molar-refractivity contribution in [1.82, 2.24) is 9.47 Å². The monoisotopic (exact) mass is 379 g/mol. The number of hydrogen-bond acceptors (Lipinski definition) is 4. The summed E-state index contributed by atoms with van der Waals surface area (Å²) >= 11 is 0.884. The zero-order chi connectivity index (χ0) is 19.7. The summed E-state index contributed by atoms with van der Waals surface area (Å²) in [5, 5.41) is -0.361. The highest BCUT2D eigenvalue weighted by Crippen LogP contribution is 2.33. The van der Waals surface area contributed by atoms with Gasteiger partial charge in [-0.1, -0.05) is 5.92 Å². The van der Waals surface area contributed by atoms with E-state index in [0.29, 0.717) is 10.5 Å². The van der Waals surface area contributed by atoms with Gasteiger partial charge in [-0.25, -0.2) is 0 Å². The molecule has 1 aromatic carbocycles. The molecule has 3 amide bonds. The molecule has 1 aromatic heterocycles. The van der Waals surface area contributed by atoms with E-state index in [1.165, 1.54) is 0 Å². The Hall–Kier alpha value is -3.24. The number of thioether (sulfide) groups is 1. The van der Waals surface area contributed by atoms with Gasteiger partial charge in [0, 0.05) is 22.6 Å². The molecule has 1 aliphatic rings. The minimum Gasteiger partial charge on any atom is -0.366 e. The number of carbonyl (C=O) groups is 3. The molecule has 2 N–H and O–H groups in total. The van der Waals surface area contributed by atoms with Crippen molar-refractivity contribution >= 4 is 34.9 Å². The molecule has 1 fully saturated rings. The lowest BCUT2D eigenvalue weighted by molar-refractivity contribution is -0.122. The third-order valence-electron chi connectivity index (χ3n) is 4.29. The molecule has 3 rings (SSSR count). The summed E-state index contributed by atoms with van der Waals surface area (Å²) in [7, 11) is 0. The zero-order valence-electron chi connectivity index (χ0n) is 14.9. The van der Waals surface area contributed by atoms with E-state index in [2.05, 4.69) is 5.92 Å². The highest BCUT2D eigenvalue weighted by atomic mass is 32.2. The van der Waals surface area contributed by atoms with Crippen LogP contribution < -0.4 is 5.73 Å². The fourth-order valence-electron chi connectivity index (χ4n) is 2.97. The molecule has 2 aromatic rings. The lowest BCUT2D eigenvalue weighted by Crippen LogP contribution is -2.28. The van der Waals surface area contributed by atoms with Crippen LogP contribution in [-0.4, -0.2) is 33.1 Å². The minimum absolute atomic E-state index is 0.0345. The first kappa shape index (κ1) is 18.5. The van der Waals surface area contributed by atoms with Crippen LogP contribution in [0.25, 0.3) is 11.8 Å². The number of hydrogen-bond donors (Lipinski definition) is 1. The maximum Gasteiger partial charge on any atom is 0.294 e. The molecular weight excluding hydrogens is 362 g/mol. The first-order valence-electron chi connectivity index (χ1n) is 8.11. The van der Waals surface area contributed by atoms with Gasteiger partial charge in [0.05, 0.1) is 11.4 Å². The van der Waals surface area contributed by atoms with Gasteiger partial charge in [-0.3, -0.25) is 19.3 Å². The minimum atomic E-state index is -0.481. The van der Waals surface area contributed by atoms with Crippen molar-refractivity contribution in [2.24, 2.45) is 5.73 Å². The van der Waals surface area contributed by atoms with Crippen molar-refractivity contribution in [3.8, 4) is 18.0 Å². The predicted octanol–water partition coefficient (Wildman–Crippen LogP) is 2.86. The molecule has 2 heterocycles. The number of carbonyl (C=O) groups excluding carboxylic acids is 3. The average Bonchev–Trinajstić information content (AvgIpc) is 3.05. The van der Waals surface area contributed by atoms with Gasteiger partial charge in [0.25, 0.3) is 11.1 Å². The Kier molecular flexibility index (Phi) is 4.93. The number of aryl methyl sites for hydroxylation is 1. The summed E-state index contributed by atoms with van der Waals surface area (Å²) in [6.07, 6.45) is 6.92. The van der Waals surface area contributed by atoms with E-state index in [4.69, 9.17) is 12.2 Å². The smallest absolute Gasteiger partial charge is 0.294 e. The normalized spacial score (nSPS) is 15.4. The predicted molar refractivity (Wildman–Crippen MR) is 105 cm³/mol. The van der Waals surface area contributed by atoms with Crippen molar-refractivity contribution in [2.45, 2.75) is 13.8 Å². The lowest BCUT2D eigenvalue weighted by Gasteiger charge is -2.10. The summed E-state index contributed by atoms with van der Waals surface area (Å²) in [6.45, 7) is 3.83. The SMILES string of the molecule is C#CCN1C(=O)S/C(=C/c2cc(C)n(-c3ccc(C(N)=O)cc3)c2C)C1=O. The molecule has 0 atom stereocenters. The van der Waals surface area contributed by atoms with Crippen LogP contribution in [0.2, 0.25) is 0 Å². The number of nitrogens with two attached hydrogens (primary N) is 1. The van der Waals surface area contributed by atoms with Crippen LogP contribution >= 0.6 is 11.8 Å². The summed E-state index contributed by atoms with van der Waals surface area (Å²) in [6, 6.07) is 8.89. The number of nitrogens with zero attached hydrogens (tertiary/aromatic N) is 2. The van der Waals surface area contributed by atoms with Gasteiger partial charge in [-0.05, 0) is 67.6 Å². The van der Waals surface area contributed by atoms with E-state index < -0.39 is 5.91 Å². The van der Waals surface area contributed by atoms with Crippen molar-refractivity contribution in [2.75, 3.05) is 6.54 Å². The fourth-order valence-corrected chi connectivity index (χ4v) is 3.80. The van der Waals surface area contributed by atoms with E-state index in [0.717, 1.165) is 39.3 Å². The van der Waals surface area contributed by atoms with Crippen molar-refractivity contribution < 1.29 is 14.4 Å². The quantitative estimate of drug-likeness (QED) is 0.654. The first-order chi connectivity index (χ1) is 12.8. The molecular formula is C20H17N3O3S. The molecule has 1 aliphatic heterocycles. The molecule has 27 heavy (non-hydrogen) atoms. The van der Waals surface area contributed by atoms with E-state index >= 15 is 0 Å². The zero-order valence-corrected chi connectivity index (χ0v) is 15.7.